The molecule has 0 atom stereocenters. The van der Waals surface area contributed by atoms with Crippen molar-refractivity contribution in [3.05, 3.63) is 31.5 Å². The van der Waals surface area contributed by atoms with Crippen LogP contribution in [0.25, 0.3) is 0 Å². The highest BCUT2D eigenvalue weighted by Crippen LogP contribution is 1.98. The lowest BCUT2D eigenvalue weighted by molar-refractivity contribution is -0.151. The second-order valence-corrected chi connectivity index (χ2v) is 3.63. The zero-order chi connectivity index (χ0) is 12.1. The van der Waals surface area contributed by atoms with Crippen LogP contribution in [0.3, 0.4) is 0 Å². The Labute approximate surface area is 97.5 Å². The van der Waals surface area contributed by atoms with Gasteiger partial charge in [0.15, 0.2) is 0 Å². The summed E-state index contributed by atoms with van der Waals surface area (Å²) in [5.74, 6) is 4.14. The molecule has 0 saturated heterocycles. The SMILES string of the molecule is NNOC(=O)CCn1cc(Br)c(=O)[nH]c1=O. The zero-order valence-corrected chi connectivity index (χ0v) is 9.61. The van der Waals surface area contributed by atoms with Gasteiger partial charge in [-0.2, -0.15) is 0 Å². The quantitative estimate of drug-likeness (QED) is 0.464. The van der Waals surface area contributed by atoms with Crippen LogP contribution < -0.4 is 22.7 Å². The summed E-state index contributed by atoms with van der Waals surface area (Å²) in [7, 11) is 0. The summed E-state index contributed by atoms with van der Waals surface area (Å²) in [4.78, 5) is 39.5. The molecule has 0 amide bonds. The van der Waals surface area contributed by atoms with Crippen LogP contribution in [0.4, 0.5) is 0 Å². The average Bonchev–Trinajstić information content (AvgIpc) is 2.22. The number of nitrogens with one attached hydrogen (secondary N) is 2. The summed E-state index contributed by atoms with van der Waals surface area (Å²) in [5.41, 5.74) is 0.618. The molecule has 16 heavy (non-hydrogen) atoms. The summed E-state index contributed by atoms with van der Waals surface area (Å²) in [5, 5.41) is 0. The molecule has 1 rings (SSSR count). The van der Waals surface area contributed by atoms with Crippen LogP contribution in [0.1, 0.15) is 6.42 Å². The topological polar surface area (TPSA) is 119 Å². The van der Waals surface area contributed by atoms with Crippen molar-refractivity contribution in [3.8, 4) is 0 Å². The van der Waals surface area contributed by atoms with Crippen LogP contribution in [-0.2, 0) is 16.2 Å². The lowest BCUT2D eigenvalue weighted by Gasteiger charge is -2.04. The molecule has 88 valence electrons. The Kier molecular flexibility index (Phi) is 4.40. The highest BCUT2D eigenvalue weighted by Gasteiger charge is 2.06. The van der Waals surface area contributed by atoms with E-state index in [-0.39, 0.29) is 17.4 Å². The van der Waals surface area contributed by atoms with Gasteiger partial charge in [-0.15, -0.1) is 0 Å². The normalized spacial score (nSPS) is 10.1. The number of H-pyrrole nitrogens is 1. The monoisotopic (exact) mass is 292 g/mol. The lowest BCUT2D eigenvalue weighted by Crippen LogP contribution is -2.31. The summed E-state index contributed by atoms with van der Waals surface area (Å²) >= 11 is 2.97. The van der Waals surface area contributed by atoms with Crippen molar-refractivity contribution in [2.45, 2.75) is 13.0 Å². The minimum atomic E-state index is -0.614. The second kappa shape index (κ2) is 5.58. The molecule has 1 aromatic heterocycles. The molecule has 8 nitrogen and oxygen atoms in total. The van der Waals surface area contributed by atoms with Gasteiger partial charge in [0.1, 0.15) is 0 Å². The summed E-state index contributed by atoms with van der Waals surface area (Å²) in [6, 6.07) is 0. The van der Waals surface area contributed by atoms with Crippen LogP contribution in [-0.4, -0.2) is 15.5 Å². The molecule has 0 aliphatic rings. The molecule has 0 saturated carbocycles. The van der Waals surface area contributed by atoms with Gasteiger partial charge in [0.05, 0.1) is 10.9 Å². The minimum absolute atomic E-state index is 0.0530. The predicted molar refractivity (Wildman–Crippen MR) is 57.1 cm³/mol. The molecule has 0 fully saturated rings. The highest BCUT2D eigenvalue weighted by atomic mass is 79.9. The van der Waals surface area contributed by atoms with Gasteiger partial charge in [-0.3, -0.25) is 19.1 Å². The number of carbonyl (C=O) groups is 1. The van der Waals surface area contributed by atoms with Crippen molar-refractivity contribution < 1.29 is 9.63 Å². The van der Waals surface area contributed by atoms with Crippen LogP contribution >= 0.6 is 15.9 Å². The van der Waals surface area contributed by atoms with Crippen molar-refractivity contribution in [3.63, 3.8) is 0 Å². The maximum absolute atomic E-state index is 11.3. The molecule has 1 aromatic rings. The van der Waals surface area contributed by atoms with Crippen LogP contribution in [0.2, 0.25) is 0 Å². The molecule has 4 N–H and O–H groups in total. The third kappa shape index (κ3) is 3.29. The van der Waals surface area contributed by atoms with Gasteiger partial charge in [0.2, 0.25) is 0 Å². The van der Waals surface area contributed by atoms with Gasteiger partial charge in [-0.05, 0) is 15.9 Å². The average molecular weight is 293 g/mol. The number of hydrogen-bond donors (Lipinski definition) is 3. The fourth-order valence-corrected chi connectivity index (χ4v) is 1.32. The Morgan fingerprint density at radius 2 is 2.31 bits per heavy atom. The Bertz CT molecular complexity index is 494. The molecular weight excluding hydrogens is 284 g/mol. The summed E-state index contributed by atoms with van der Waals surface area (Å²) in [6.45, 7) is 0.0781. The molecule has 0 aliphatic carbocycles. The van der Waals surface area contributed by atoms with E-state index in [1.165, 1.54) is 10.8 Å². The fraction of sp³-hybridized carbons (Fsp3) is 0.286. The predicted octanol–water partition coefficient (Wildman–Crippen LogP) is -1.39. The number of aromatic nitrogens is 2. The standard InChI is InChI=1S/C7H9BrN4O4/c8-4-3-12(7(15)10-6(4)14)2-1-5(13)16-11-9/h3,11H,1-2,9H2,(H,10,14,15). The summed E-state index contributed by atoms with van der Waals surface area (Å²) < 4.78 is 1.38. The third-order valence-electron chi connectivity index (χ3n) is 1.70. The molecule has 0 aliphatic heterocycles. The lowest BCUT2D eigenvalue weighted by atomic mass is 10.4. The van der Waals surface area contributed by atoms with Gasteiger partial charge in [0.25, 0.3) is 5.56 Å². The zero-order valence-electron chi connectivity index (χ0n) is 8.03. The fourth-order valence-electron chi connectivity index (χ4n) is 0.977. The van der Waals surface area contributed by atoms with E-state index in [4.69, 9.17) is 5.84 Å². The van der Waals surface area contributed by atoms with Crippen molar-refractivity contribution >= 4 is 21.9 Å². The maximum atomic E-state index is 11.3. The highest BCUT2D eigenvalue weighted by molar-refractivity contribution is 9.10. The van der Waals surface area contributed by atoms with Gasteiger partial charge in [-0.1, -0.05) is 5.59 Å². The number of aryl methyl sites for hydroxylation is 1. The van der Waals surface area contributed by atoms with E-state index >= 15 is 0 Å². The van der Waals surface area contributed by atoms with Crippen molar-refractivity contribution in [2.24, 2.45) is 5.84 Å². The first-order valence-electron chi connectivity index (χ1n) is 4.19. The molecule has 0 bridgehead atoms. The Balaban J connectivity index is 2.75. The first kappa shape index (κ1) is 12.6. The van der Waals surface area contributed by atoms with Crippen LogP contribution in [0.5, 0.6) is 0 Å². The van der Waals surface area contributed by atoms with Gasteiger partial charge < -0.3 is 4.84 Å². The number of hydrazine groups is 1. The van der Waals surface area contributed by atoms with E-state index in [0.717, 1.165) is 0 Å². The van der Waals surface area contributed by atoms with Gasteiger partial charge in [0, 0.05) is 12.7 Å². The number of aromatic amines is 1. The first-order chi connectivity index (χ1) is 7.54. The first-order valence-corrected chi connectivity index (χ1v) is 4.98. The van der Waals surface area contributed by atoms with Crippen molar-refractivity contribution in [1.82, 2.24) is 15.1 Å². The number of nitrogens with zero attached hydrogens (tertiary/aromatic N) is 1. The number of hydrogen-bond acceptors (Lipinski definition) is 6. The van der Waals surface area contributed by atoms with E-state index < -0.39 is 17.2 Å². The second-order valence-electron chi connectivity index (χ2n) is 2.77. The Morgan fingerprint density at radius 3 is 2.94 bits per heavy atom. The summed E-state index contributed by atoms with van der Waals surface area (Å²) in [6.07, 6.45) is 1.24. The van der Waals surface area contributed by atoms with Gasteiger partial charge >= 0.3 is 11.7 Å². The third-order valence-corrected chi connectivity index (χ3v) is 2.26. The van der Waals surface area contributed by atoms with E-state index in [1.807, 2.05) is 0 Å². The molecule has 9 heteroatoms. The van der Waals surface area contributed by atoms with Crippen molar-refractivity contribution in [2.75, 3.05) is 0 Å². The van der Waals surface area contributed by atoms with E-state index in [9.17, 15) is 14.4 Å². The number of nitrogens with two attached hydrogens (primary N) is 1. The Hall–Kier alpha value is -1.45. The van der Waals surface area contributed by atoms with E-state index in [0.29, 0.717) is 0 Å². The van der Waals surface area contributed by atoms with Crippen molar-refractivity contribution in [1.29, 1.82) is 0 Å². The molecule has 0 spiro atoms. The molecule has 0 radical (unpaired) electrons. The number of carbonyl (C=O) groups excluding carboxylic acids is 1. The van der Waals surface area contributed by atoms with E-state index in [2.05, 4.69) is 25.8 Å². The molecular formula is C7H9BrN4O4. The molecule has 1 heterocycles. The van der Waals surface area contributed by atoms with E-state index in [1.54, 1.807) is 5.59 Å². The number of rotatable bonds is 4. The number of halogens is 1. The largest absolute Gasteiger partial charge is 0.356 e. The van der Waals surface area contributed by atoms with Crippen LogP contribution in [0.15, 0.2) is 20.3 Å². The van der Waals surface area contributed by atoms with Gasteiger partial charge in [-0.25, -0.2) is 10.6 Å². The maximum Gasteiger partial charge on any atom is 0.328 e. The molecule has 0 unspecified atom stereocenters. The Morgan fingerprint density at radius 1 is 1.62 bits per heavy atom. The molecule has 0 aromatic carbocycles. The smallest absolute Gasteiger partial charge is 0.328 e. The minimum Gasteiger partial charge on any atom is -0.356 e. The van der Waals surface area contributed by atoms with Crippen LogP contribution in [0, 0.1) is 0 Å².